The summed E-state index contributed by atoms with van der Waals surface area (Å²) in [5, 5.41) is 1.83. The minimum atomic E-state index is -0.579. The Morgan fingerprint density at radius 1 is 1.64 bits per heavy atom. The number of nitrogens with zero attached hydrogens (tertiary/aromatic N) is 1. The Labute approximate surface area is 84.9 Å². The summed E-state index contributed by atoms with van der Waals surface area (Å²) < 4.78 is 4.73. The van der Waals surface area contributed by atoms with Gasteiger partial charge in [-0.2, -0.15) is 0 Å². The van der Waals surface area contributed by atoms with Crippen molar-refractivity contribution in [2.75, 3.05) is 6.61 Å². The molecule has 2 N–H and O–H groups in total. The first-order valence-corrected chi connectivity index (χ1v) is 4.91. The van der Waals surface area contributed by atoms with E-state index in [0.29, 0.717) is 12.3 Å². The van der Waals surface area contributed by atoms with E-state index in [4.69, 9.17) is 10.5 Å². The zero-order valence-corrected chi connectivity index (χ0v) is 8.47. The van der Waals surface area contributed by atoms with Gasteiger partial charge >= 0.3 is 5.97 Å². The van der Waals surface area contributed by atoms with Crippen LogP contribution in [0.3, 0.4) is 0 Å². The third-order valence-electron chi connectivity index (χ3n) is 1.39. The molecule has 0 atom stereocenters. The number of carbonyl (C=O) groups is 2. The summed E-state index contributed by atoms with van der Waals surface area (Å²) in [7, 11) is 0. The van der Waals surface area contributed by atoms with Crippen LogP contribution in [0.1, 0.15) is 22.4 Å². The molecule has 1 aromatic rings. The van der Waals surface area contributed by atoms with E-state index in [0.717, 1.165) is 11.3 Å². The van der Waals surface area contributed by atoms with Gasteiger partial charge < -0.3 is 10.5 Å². The summed E-state index contributed by atoms with van der Waals surface area (Å²) in [4.78, 5) is 25.6. The molecule has 14 heavy (non-hydrogen) atoms. The van der Waals surface area contributed by atoms with Crippen LogP contribution < -0.4 is 5.73 Å². The van der Waals surface area contributed by atoms with Gasteiger partial charge in [-0.05, 0) is 6.92 Å². The van der Waals surface area contributed by atoms with E-state index < -0.39 is 5.91 Å². The highest BCUT2D eigenvalue weighted by molar-refractivity contribution is 7.11. The molecule has 0 aliphatic carbocycles. The number of carbonyl (C=O) groups excluding carboxylic acids is 2. The average molecular weight is 214 g/mol. The Bertz CT molecular complexity index is 348. The van der Waals surface area contributed by atoms with Gasteiger partial charge in [-0.3, -0.25) is 9.59 Å². The molecule has 0 aliphatic heterocycles. The summed E-state index contributed by atoms with van der Waals surface area (Å²) in [6.07, 6.45) is 0.0810. The average Bonchev–Trinajstić information content (AvgIpc) is 2.53. The van der Waals surface area contributed by atoms with Crippen molar-refractivity contribution in [2.24, 2.45) is 5.73 Å². The van der Waals surface area contributed by atoms with Crippen LogP contribution in [0.2, 0.25) is 0 Å². The van der Waals surface area contributed by atoms with Gasteiger partial charge in [-0.25, -0.2) is 4.98 Å². The molecule has 0 bridgehead atoms. The van der Waals surface area contributed by atoms with Gasteiger partial charge in [0.25, 0.3) is 5.91 Å². The van der Waals surface area contributed by atoms with Crippen LogP contribution in [0.4, 0.5) is 0 Å². The Kier molecular flexibility index (Phi) is 3.58. The second-order valence-corrected chi connectivity index (χ2v) is 3.35. The second-order valence-electron chi connectivity index (χ2n) is 2.49. The molecule has 5 nitrogen and oxygen atoms in total. The minimum absolute atomic E-state index is 0.0810. The molecule has 0 unspecified atom stereocenters. The molecule has 0 aliphatic rings. The predicted molar refractivity (Wildman–Crippen MR) is 51.0 cm³/mol. The monoisotopic (exact) mass is 214 g/mol. The number of amides is 1. The Hall–Kier alpha value is -1.43. The zero-order valence-electron chi connectivity index (χ0n) is 7.65. The van der Waals surface area contributed by atoms with Crippen LogP contribution in [-0.4, -0.2) is 23.5 Å². The highest BCUT2D eigenvalue weighted by atomic mass is 32.1. The lowest BCUT2D eigenvalue weighted by Crippen LogP contribution is -2.11. The van der Waals surface area contributed by atoms with E-state index in [1.807, 2.05) is 0 Å². The van der Waals surface area contributed by atoms with E-state index in [2.05, 4.69) is 4.98 Å². The molecule has 0 radical (unpaired) electrons. The second kappa shape index (κ2) is 4.71. The fourth-order valence-corrected chi connectivity index (χ4v) is 1.53. The Morgan fingerprint density at radius 2 is 2.36 bits per heavy atom. The summed E-state index contributed by atoms with van der Waals surface area (Å²) in [5.41, 5.74) is 5.53. The van der Waals surface area contributed by atoms with E-state index in [9.17, 15) is 9.59 Å². The van der Waals surface area contributed by atoms with Crippen LogP contribution in [-0.2, 0) is 16.0 Å². The molecule has 0 fully saturated rings. The maximum Gasteiger partial charge on any atom is 0.311 e. The van der Waals surface area contributed by atoms with Crippen LogP contribution in [0.5, 0.6) is 0 Å². The largest absolute Gasteiger partial charge is 0.466 e. The molecule has 1 aromatic heterocycles. The summed E-state index contributed by atoms with van der Waals surface area (Å²) >= 11 is 1.12. The zero-order chi connectivity index (χ0) is 10.6. The third kappa shape index (κ3) is 2.81. The van der Waals surface area contributed by atoms with Crippen LogP contribution in [0, 0.1) is 0 Å². The highest BCUT2D eigenvalue weighted by Gasteiger charge is 2.10. The quantitative estimate of drug-likeness (QED) is 0.733. The van der Waals surface area contributed by atoms with E-state index in [-0.39, 0.29) is 17.4 Å². The molecular weight excluding hydrogens is 204 g/mol. The fraction of sp³-hybridized carbons (Fsp3) is 0.375. The van der Waals surface area contributed by atoms with Crippen molar-refractivity contribution in [3.8, 4) is 0 Å². The van der Waals surface area contributed by atoms with Gasteiger partial charge in [0.1, 0.15) is 0 Å². The normalized spacial score (nSPS) is 9.79. The molecular formula is C8H10N2O3S. The first-order valence-electron chi connectivity index (χ1n) is 4.03. The van der Waals surface area contributed by atoms with Crippen LogP contribution >= 0.6 is 11.3 Å². The van der Waals surface area contributed by atoms with Crippen molar-refractivity contribution in [3.05, 3.63) is 16.1 Å². The van der Waals surface area contributed by atoms with Gasteiger partial charge in [0.15, 0.2) is 5.01 Å². The van der Waals surface area contributed by atoms with Crippen LogP contribution in [0.15, 0.2) is 5.38 Å². The van der Waals surface area contributed by atoms with Gasteiger partial charge in [0, 0.05) is 5.38 Å². The number of nitrogens with two attached hydrogens (primary N) is 1. The molecule has 0 saturated heterocycles. The van der Waals surface area contributed by atoms with Gasteiger partial charge in [0.05, 0.1) is 18.7 Å². The smallest absolute Gasteiger partial charge is 0.311 e. The first kappa shape index (κ1) is 10.6. The highest BCUT2D eigenvalue weighted by Crippen LogP contribution is 2.09. The molecule has 0 saturated carbocycles. The SMILES string of the molecule is CCOC(=O)Cc1csc(C(N)=O)n1. The van der Waals surface area contributed by atoms with Crippen molar-refractivity contribution in [3.63, 3.8) is 0 Å². The van der Waals surface area contributed by atoms with Crippen molar-refractivity contribution in [2.45, 2.75) is 13.3 Å². The van der Waals surface area contributed by atoms with Crippen molar-refractivity contribution in [1.82, 2.24) is 4.98 Å². The maximum atomic E-state index is 11.0. The molecule has 1 rings (SSSR count). The molecule has 0 aromatic carbocycles. The number of rotatable bonds is 4. The van der Waals surface area contributed by atoms with Gasteiger partial charge in [0.2, 0.25) is 0 Å². The lowest BCUT2D eigenvalue weighted by Gasteiger charge is -1.97. The Morgan fingerprint density at radius 3 is 2.86 bits per heavy atom. The van der Waals surface area contributed by atoms with Crippen molar-refractivity contribution in [1.29, 1.82) is 0 Å². The number of esters is 1. The summed E-state index contributed by atoms with van der Waals surface area (Å²) in [5.74, 6) is -0.932. The number of hydrogen-bond acceptors (Lipinski definition) is 5. The van der Waals surface area contributed by atoms with Crippen LogP contribution in [0.25, 0.3) is 0 Å². The number of hydrogen-bond donors (Lipinski definition) is 1. The summed E-state index contributed by atoms with van der Waals surface area (Å²) in [6.45, 7) is 2.07. The van der Waals surface area contributed by atoms with E-state index in [1.54, 1.807) is 12.3 Å². The number of thiazole rings is 1. The van der Waals surface area contributed by atoms with Gasteiger partial charge in [-0.1, -0.05) is 0 Å². The standard InChI is InChI=1S/C8H10N2O3S/c1-2-13-6(11)3-5-4-14-8(10-5)7(9)12/h4H,2-3H2,1H3,(H2,9,12). The molecule has 6 heteroatoms. The number of aromatic nitrogens is 1. The maximum absolute atomic E-state index is 11.0. The number of ether oxygens (including phenoxy) is 1. The number of primary amides is 1. The van der Waals surface area contributed by atoms with E-state index in [1.165, 1.54) is 0 Å². The molecule has 1 amide bonds. The van der Waals surface area contributed by atoms with E-state index >= 15 is 0 Å². The van der Waals surface area contributed by atoms with Gasteiger partial charge in [-0.15, -0.1) is 11.3 Å². The minimum Gasteiger partial charge on any atom is -0.466 e. The molecule has 76 valence electrons. The summed E-state index contributed by atoms with van der Waals surface area (Å²) in [6, 6.07) is 0. The van der Waals surface area contributed by atoms with Crippen molar-refractivity contribution >= 4 is 23.2 Å². The predicted octanol–water partition coefficient (Wildman–Crippen LogP) is 0.348. The fourth-order valence-electron chi connectivity index (χ4n) is 0.861. The topological polar surface area (TPSA) is 82.3 Å². The van der Waals surface area contributed by atoms with Crippen molar-refractivity contribution < 1.29 is 14.3 Å². The Balaban J connectivity index is 2.59. The first-order chi connectivity index (χ1) is 6.63. The lowest BCUT2D eigenvalue weighted by molar-refractivity contribution is -0.142. The molecule has 0 spiro atoms. The third-order valence-corrected chi connectivity index (χ3v) is 2.30. The lowest BCUT2D eigenvalue weighted by atomic mass is 10.3. The molecule has 1 heterocycles.